The Labute approximate surface area is 62.2 Å². The first kappa shape index (κ1) is 9.01. The highest BCUT2D eigenvalue weighted by molar-refractivity contribution is 5.00. The van der Waals surface area contributed by atoms with Gasteiger partial charge in [-0.2, -0.15) is 5.26 Å². The van der Waals surface area contributed by atoms with Crippen molar-refractivity contribution in [3.8, 4) is 18.4 Å². The second kappa shape index (κ2) is 4.85. The molecule has 1 N–H and O–H groups in total. The Hall–Kier alpha value is -0.990. The SMILES string of the molecule is C#CC(C)NC(C#N)CC. The van der Waals surface area contributed by atoms with Gasteiger partial charge in [0.2, 0.25) is 0 Å². The molecule has 0 aliphatic rings. The fraction of sp³-hybridized carbons (Fsp3) is 0.625. The van der Waals surface area contributed by atoms with E-state index in [1.165, 1.54) is 0 Å². The number of nitrogens with zero attached hydrogens (tertiary/aromatic N) is 1. The molecule has 0 fully saturated rings. The average Bonchev–Trinajstić information content (AvgIpc) is 1.99. The predicted molar refractivity (Wildman–Crippen MR) is 41.1 cm³/mol. The molecule has 10 heavy (non-hydrogen) atoms. The minimum absolute atomic E-state index is 0.00963. The summed E-state index contributed by atoms with van der Waals surface area (Å²) in [5, 5.41) is 11.5. The van der Waals surface area contributed by atoms with Gasteiger partial charge in [0.25, 0.3) is 0 Å². The summed E-state index contributed by atoms with van der Waals surface area (Å²) in [4.78, 5) is 0. The second-order valence-electron chi connectivity index (χ2n) is 2.14. The molecule has 0 spiro atoms. The monoisotopic (exact) mass is 136 g/mol. The number of hydrogen-bond donors (Lipinski definition) is 1. The van der Waals surface area contributed by atoms with Gasteiger partial charge in [0.05, 0.1) is 18.2 Å². The lowest BCUT2D eigenvalue weighted by atomic mass is 10.2. The van der Waals surface area contributed by atoms with Crippen LogP contribution in [-0.4, -0.2) is 12.1 Å². The number of rotatable bonds is 3. The first-order chi connectivity index (χ1) is 4.74. The molecule has 2 nitrogen and oxygen atoms in total. The van der Waals surface area contributed by atoms with Crippen LogP contribution in [0.15, 0.2) is 0 Å². The van der Waals surface area contributed by atoms with E-state index in [0.717, 1.165) is 6.42 Å². The Morgan fingerprint density at radius 2 is 2.30 bits per heavy atom. The normalized spacial score (nSPS) is 14.8. The van der Waals surface area contributed by atoms with Crippen molar-refractivity contribution < 1.29 is 0 Å². The lowest BCUT2D eigenvalue weighted by molar-refractivity contribution is 0.559. The van der Waals surface area contributed by atoms with E-state index in [1.807, 2.05) is 13.8 Å². The van der Waals surface area contributed by atoms with Gasteiger partial charge >= 0.3 is 0 Å². The van der Waals surface area contributed by atoms with Crippen LogP contribution in [-0.2, 0) is 0 Å². The van der Waals surface area contributed by atoms with Crippen LogP contribution in [0.1, 0.15) is 20.3 Å². The minimum Gasteiger partial charge on any atom is -0.289 e. The molecule has 0 aromatic carbocycles. The summed E-state index contributed by atoms with van der Waals surface area (Å²) in [6.07, 6.45) is 5.90. The van der Waals surface area contributed by atoms with E-state index in [-0.39, 0.29) is 12.1 Å². The van der Waals surface area contributed by atoms with Crippen molar-refractivity contribution in [2.75, 3.05) is 0 Å². The standard InChI is InChI=1S/C8H12N2/c1-4-7(3)10-8(5-2)6-9/h1,7-8,10H,5H2,2-3H3. The van der Waals surface area contributed by atoms with Crippen molar-refractivity contribution in [2.24, 2.45) is 0 Å². The van der Waals surface area contributed by atoms with Crippen molar-refractivity contribution in [1.29, 1.82) is 5.26 Å². The molecule has 2 unspecified atom stereocenters. The van der Waals surface area contributed by atoms with E-state index in [9.17, 15) is 0 Å². The quantitative estimate of drug-likeness (QED) is 0.585. The molecule has 2 atom stereocenters. The topological polar surface area (TPSA) is 35.8 Å². The van der Waals surface area contributed by atoms with Gasteiger partial charge < -0.3 is 0 Å². The van der Waals surface area contributed by atoms with Crippen LogP contribution in [0.3, 0.4) is 0 Å². The summed E-state index contributed by atoms with van der Waals surface area (Å²) in [5.74, 6) is 2.50. The van der Waals surface area contributed by atoms with Crippen LogP contribution in [0.5, 0.6) is 0 Å². The van der Waals surface area contributed by atoms with Crippen LogP contribution in [0.2, 0.25) is 0 Å². The van der Waals surface area contributed by atoms with Gasteiger partial charge in [0.1, 0.15) is 0 Å². The maximum absolute atomic E-state index is 8.49. The van der Waals surface area contributed by atoms with Gasteiger partial charge in [-0.15, -0.1) is 6.42 Å². The smallest absolute Gasteiger partial charge is 0.0959 e. The molecule has 0 saturated heterocycles. The summed E-state index contributed by atoms with van der Waals surface area (Å²) in [7, 11) is 0. The molecule has 0 heterocycles. The van der Waals surface area contributed by atoms with E-state index in [2.05, 4.69) is 17.3 Å². The fourth-order valence-electron chi connectivity index (χ4n) is 0.596. The van der Waals surface area contributed by atoms with E-state index in [4.69, 9.17) is 11.7 Å². The number of nitrogens with one attached hydrogen (secondary N) is 1. The zero-order chi connectivity index (χ0) is 7.98. The molecule has 0 aromatic heterocycles. The summed E-state index contributed by atoms with van der Waals surface area (Å²) >= 11 is 0. The van der Waals surface area contributed by atoms with E-state index in [1.54, 1.807) is 0 Å². The summed E-state index contributed by atoms with van der Waals surface area (Å²) in [6, 6.07) is 2.00. The molecular weight excluding hydrogens is 124 g/mol. The van der Waals surface area contributed by atoms with Crippen LogP contribution >= 0.6 is 0 Å². The Morgan fingerprint density at radius 1 is 1.70 bits per heavy atom. The largest absolute Gasteiger partial charge is 0.289 e. The van der Waals surface area contributed by atoms with Crippen LogP contribution in [0.25, 0.3) is 0 Å². The molecule has 54 valence electrons. The van der Waals surface area contributed by atoms with Crippen molar-refractivity contribution in [1.82, 2.24) is 5.32 Å². The summed E-state index contributed by atoms with van der Waals surface area (Å²) < 4.78 is 0. The molecule has 0 aromatic rings. The van der Waals surface area contributed by atoms with Gasteiger partial charge in [-0.05, 0) is 13.3 Å². The highest BCUT2D eigenvalue weighted by atomic mass is 14.9. The van der Waals surface area contributed by atoms with Crippen LogP contribution < -0.4 is 5.32 Å². The zero-order valence-electron chi connectivity index (χ0n) is 6.39. The number of nitriles is 1. The van der Waals surface area contributed by atoms with Gasteiger partial charge in [0.15, 0.2) is 0 Å². The maximum Gasteiger partial charge on any atom is 0.0959 e. The Balaban J connectivity index is 3.68. The first-order valence-electron chi connectivity index (χ1n) is 3.36. The van der Waals surface area contributed by atoms with Crippen LogP contribution in [0.4, 0.5) is 0 Å². The third kappa shape index (κ3) is 3.12. The number of hydrogen-bond acceptors (Lipinski definition) is 2. The third-order valence-electron chi connectivity index (χ3n) is 1.27. The molecule has 0 radical (unpaired) electrons. The maximum atomic E-state index is 8.49. The fourth-order valence-corrected chi connectivity index (χ4v) is 0.596. The lowest BCUT2D eigenvalue weighted by Gasteiger charge is -2.10. The minimum atomic E-state index is -0.106. The van der Waals surface area contributed by atoms with Crippen molar-refractivity contribution in [2.45, 2.75) is 32.4 Å². The Bertz CT molecular complexity index is 161. The second-order valence-corrected chi connectivity index (χ2v) is 2.14. The van der Waals surface area contributed by atoms with Gasteiger partial charge in [-0.3, -0.25) is 5.32 Å². The Morgan fingerprint density at radius 3 is 2.60 bits per heavy atom. The molecular formula is C8H12N2. The van der Waals surface area contributed by atoms with Crippen molar-refractivity contribution in [3.05, 3.63) is 0 Å². The molecule has 0 saturated carbocycles. The Kier molecular flexibility index (Phi) is 4.37. The van der Waals surface area contributed by atoms with Gasteiger partial charge in [0, 0.05) is 0 Å². The van der Waals surface area contributed by atoms with Crippen molar-refractivity contribution in [3.63, 3.8) is 0 Å². The molecule has 2 heteroatoms. The molecule has 0 bridgehead atoms. The van der Waals surface area contributed by atoms with Gasteiger partial charge in [-0.1, -0.05) is 12.8 Å². The molecule has 0 amide bonds. The van der Waals surface area contributed by atoms with E-state index < -0.39 is 0 Å². The molecule has 0 rings (SSSR count). The summed E-state index contributed by atoms with van der Waals surface area (Å²) in [6.45, 7) is 3.81. The van der Waals surface area contributed by atoms with Gasteiger partial charge in [-0.25, -0.2) is 0 Å². The first-order valence-corrected chi connectivity index (χ1v) is 3.36. The average molecular weight is 136 g/mol. The lowest BCUT2D eigenvalue weighted by Crippen LogP contribution is -2.33. The van der Waals surface area contributed by atoms with Crippen molar-refractivity contribution >= 4 is 0 Å². The van der Waals surface area contributed by atoms with E-state index >= 15 is 0 Å². The zero-order valence-corrected chi connectivity index (χ0v) is 6.39. The highest BCUT2D eigenvalue weighted by Gasteiger charge is 2.04. The third-order valence-corrected chi connectivity index (χ3v) is 1.27. The van der Waals surface area contributed by atoms with E-state index in [0.29, 0.717) is 0 Å². The predicted octanol–water partition coefficient (Wildman–Crippen LogP) is 0.900. The van der Waals surface area contributed by atoms with Crippen LogP contribution in [0, 0.1) is 23.7 Å². The molecule has 0 aliphatic carbocycles. The highest BCUT2D eigenvalue weighted by Crippen LogP contribution is 1.89. The summed E-state index contributed by atoms with van der Waals surface area (Å²) in [5.41, 5.74) is 0. The number of terminal acetylenes is 1. The molecule has 0 aliphatic heterocycles.